The molecule has 0 atom stereocenters. The van der Waals surface area contributed by atoms with Crippen LogP contribution in [-0.2, 0) is 6.54 Å². The molecule has 1 aliphatic heterocycles. The van der Waals surface area contributed by atoms with Crippen molar-refractivity contribution in [2.24, 2.45) is 0 Å². The first-order valence-corrected chi connectivity index (χ1v) is 9.79. The molecule has 8 heteroatoms. The number of hydrogen-bond acceptors (Lipinski definition) is 3. The van der Waals surface area contributed by atoms with E-state index < -0.39 is 6.61 Å². The first-order valence-electron chi connectivity index (χ1n) is 9.38. The summed E-state index contributed by atoms with van der Waals surface area (Å²) in [7, 11) is 0. The Balaban J connectivity index is 1.43. The summed E-state index contributed by atoms with van der Waals surface area (Å²) in [4.78, 5) is 4.59. The smallest absolute Gasteiger partial charge is 0.387 e. The van der Waals surface area contributed by atoms with Crippen LogP contribution in [0.2, 0.25) is 0 Å². The van der Waals surface area contributed by atoms with Gasteiger partial charge in [0.25, 0.3) is 0 Å². The normalized spacial score (nSPS) is 15.1. The molecule has 2 heterocycles. The van der Waals surface area contributed by atoms with Gasteiger partial charge in [-0.25, -0.2) is 0 Å². The molecule has 1 fully saturated rings. The van der Waals surface area contributed by atoms with Crippen molar-refractivity contribution in [3.63, 3.8) is 0 Å². The zero-order valence-corrected chi connectivity index (χ0v) is 17.0. The number of aryl methyl sites for hydroxylation is 2. The summed E-state index contributed by atoms with van der Waals surface area (Å²) in [5, 5.41) is 3.82. The molecule has 1 N–H and O–H groups in total. The van der Waals surface area contributed by atoms with Gasteiger partial charge in [0.1, 0.15) is 5.75 Å². The number of nitrogens with zero attached hydrogens (tertiary/aromatic N) is 3. The fourth-order valence-corrected chi connectivity index (χ4v) is 3.69. The van der Waals surface area contributed by atoms with Crippen molar-refractivity contribution in [2.75, 3.05) is 38.0 Å². The molecule has 0 bridgehead atoms. The van der Waals surface area contributed by atoms with E-state index >= 15 is 0 Å². The van der Waals surface area contributed by atoms with Crippen LogP contribution in [0.5, 0.6) is 5.75 Å². The number of rotatable bonds is 6. The SMILES string of the molecule is Cc1ccc(C)n1CCN1CCN(C(=S)Nc2ccc(OC(F)F)cc2)CC1. The maximum atomic E-state index is 12.2. The highest BCUT2D eigenvalue weighted by atomic mass is 32.1. The second-order valence-corrected chi connectivity index (χ2v) is 7.32. The predicted molar refractivity (Wildman–Crippen MR) is 111 cm³/mol. The van der Waals surface area contributed by atoms with Gasteiger partial charge in [-0.3, -0.25) is 4.90 Å². The van der Waals surface area contributed by atoms with Gasteiger partial charge in [0, 0.05) is 56.3 Å². The molecular weight excluding hydrogens is 382 g/mol. The zero-order chi connectivity index (χ0) is 20.1. The lowest BCUT2D eigenvalue weighted by Crippen LogP contribution is -2.50. The standard InChI is InChI=1S/C20H26F2N4OS/c1-15-3-4-16(2)26(15)14-11-24-9-12-25(13-10-24)20(28)23-17-5-7-18(8-6-17)27-19(21)22/h3-8,19H,9-14H2,1-2H3,(H,23,28). The maximum Gasteiger partial charge on any atom is 0.387 e. The quantitative estimate of drug-likeness (QED) is 0.737. The zero-order valence-electron chi connectivity index (χ0n) is 16.2. The number of ether oxygens (including phenoxy) is 1. The van der Waals surface area contributed by atoms with Gasteiger partial charge in [0.05, 0.1) is 0 Å². The molecule has 152 valence electrons. The topological polar surface area (TPSA) is 32.7 Å². The fraction of sp³-hybridized carbons (Fsp3) is 0.450. The first-order chi connectivity index (χ1) is 13.4. The average molecular weight is 409 g/mol. The van der Waals surface area contributed by atoms with E-state index in [0.717, 1.165) is 45.0 Å². The summed E-state index contributed by atoms with van der Waals surface area (Å²) in [6.07, 6.45) is 0. The minimum atomic E-state index is -2.82. The van der Waals surface area contributed by atoms with Gasteiger partial charge in [-0.1, -0.05) is 0 Å². The van der Waals surface area contributed by atoms with Crippen LogP contribution in [0.4, 0.5) is 14.5 Å². The van der Waals surface area contributed by atoms with E-state index in [1.807, 2.05) is 0 Å². The van der Waals surface area contributed by atoms with Crippen LogP contribution in [-0.4, -0.2) is 58.8 Å². The number of hydrogen-bond donors (Lipinski definition) is 1. The predicted octanol–water partition coefficient (Wildman–Crippen LogP) is 3.72. The Bertz CT molecular complexity index is 767. The van der Waals surface area contributed by atoms with Crippen LogP contribution in [0.1, 0.15) is 11.4 Å². The van der Waals surface area contributed by atoms with Gasteiger partial charge in [0.15, 0.2) is 5.11 Å². The van der Waals surface area contributed by atoms with E-state index in [2.05, 4.69) is 50.4 Å². The Kier molecular flexibility index (Phi) is 6.85. The Morgan fingerprint density at radius 2 is 1.61 bits per heavy atom. The number of alkyl halides is 2. The van der Waals surface area contributed by atoms with Crippen LogP contribution in [0, 0.1) is 13.8 Å². The molecule has 3 rings (SSSR count). The van der Waals surface area contributed by atoms with Crippen molar-refractivity contribution in [1.29, 1.82) is 0 Å². The molecule has 1 aromatic carbocycles. The number of nitrogens with one attached hydrogen (secondary N) is 1. The maximum absolute atomic E-state index is 12.2. The summed E-state index contributed by atoms with van der Waals surface area (Å²) >= 11 is 5.50. The molecule has 5 nitrogen and oxygen atoms in total. The van der Waals surface area contributed by atoms with E-state index in [-0.39, 0.29) is 5.75 Å². The molecule has 1 aromatic heterocycles. The van der Waals surface area contributed by atoms with Crippen molar-refractivity contribution in [2.45, 2.75) is 27.0 Å². The van der Waals surface area contributed by atoms with Crippen molar-refractivity contribution >= 4 is 23.0 Å². The Morgan fingerprint density at radius 3 is 2.18 bits per heavy atom. The van der Waals surface area contributed by atoms with Crippen molar-refractivity contribution in [3.05, 3.63) is 47.8 Å². The lowest BCUT2D eigenvalue weighted by Gasteiger charge is -2.36. The van der Waals surface area contributed by atoms with Crippen LogP contribution >= 0.6 is 12.2 Å². The van der Waals surface area contributed by atoms with Gasteiger partial charge >= 0.3 is 6.61 Å². The summed E-state index contributed by atoms with van der Waals surface area (Å²) in [6, 6.07) is 10.7. The van der Waals surface area contributed by atoms with Gasteiger partial charge in [-0.15, -0.1) is 0 Å². The molecule has 28 heavy (non-hydrogen) atoms. The summed E-state index contributed by atoms with van der Waals surface area (Å²) in [5.74, 6) is 0.133. The highest BCUT2D eigenvalue weighted by molar-refractivity contribution is 7.80. The molecule has 0 amide bonds. The van der Waals surface area contributed by atoms with E-state index in [1.165, 1.54) is 23.5 Å². The molecule has 0 unspecified atom stereocenters. The van der Waals surface area contributed by atoms with Gasteiger partial charge < -0.3 is 19.5 Å². The number of aromatic nitrogens is 1. The second-order valence-electron chi connectivity index (χ2n) is 6.93. The fourth-order valence-electron chi connectivity index (χ4n) is 3.39. The molecule has 0 saturated carbocycles. The number of halogens is 2. The van der Waals surface area contributed by atoms with Crippen molar-refractivity contribution < 1.29 is 13.5 Å². The molecule has 1 saturated heterocycles. The van der Waals surface area contributed by atoms with Crippen LogP contribution in [0.3, 0.4) is 0 Å². The minimum Gasteiger partial charge on any atom is -0.435 e. The van der Waals surface area contributed by atoms with Crippen LogP contribution in [0.25, 0.3) is 0 Å². The molecule has 1 aliphatic rings. The highest BCUT2D eigenvalue weighted by Gasteiger charge is 2.19. The number of piperazine rings is 1. The summed E-state index contributed by atoms with van der Waals surface area (Å²) < 4.78 is 31.1. The number of anilines is 1. The number of thiocarbonyl (C=S) groups is 1. The largest absolute Gasteiger partial charge is 0.435 e. The lowest BCUT2D eigenvalue weighted by atomic mass is 10.3. The van der Waals surface area contributed by atoms with Crippen molar-refractivity contribution in [3.8, 4) is 5.75 Å². The van der Waals surface area contributed by atoms with Crippen LogP contribution < -0.4 is 10.1 Å². The van der Waals surface area contributed by atoms with Gasteiger partial charge in [0.2, 0.25) is 0 Å². The Hall–Kier alpha value is -2.19. The van der Waals surface area contributed by atoms with E-state index in [0.29, 0.717) is 5.11 Å². The monoisotopic (exact) mass is 408 g/mol. The van der Waals surface area contributed by atoms with Crippen LogP contribution in [0.15, 0.2) is 36.4 Å². The molecule has 0 radical (unpaired) electrons. The summed E-state index contributed by atoms with van der Waals surface area (Å²) in [6.45, 7) is 7.13. The van der Waals surface area contributed by atoms with E-state index in [1.54, 1.807) is 12.1 Å². The van der Waals surface area contributed by atoms with Crippen molar-refractivity contribution in [1.82, 2.24) is 14.4 Å². The lowest BCUT2D eigenvalue weighted by molar-refractivity contribution is -0.0498. The third-order valence-electron chi connectivity index (χ3n) is 5.05. The molecular formula is C20H26F2N4OS. The average Bonchev–Trinajstić information content (AvgIpc) is 2.99. The number of benzene rings is 1. The Labute approximate surface area is 169 Å². The molecule has 2 aromatic rings. The van der Waals surface area contributed by atoms with Gasteiger partial charge in [-0.2, -0.15) is 8.78 Å². The first kappa shape index (κ1) is 20.5. The second kappa shape index (κ2) is 9.34. The van der Waals surface area contributed by atoms with E-state index in [9.17, 15) is 8.78 Å². The third kappa shape index (κ3) is 5.42. The summed E-state index contributed by atoms with van der Waals surface area (Å²) in [5.41, 5.74) is 3.35. The molecule has 0 aliphatic carbocycles. The Morgan fingerprint density at radius 1 is 1.00 bits per heavy atom. The van der Waals surface area contributed by atoms with E-state index in [4.69, 9.17) is 12.2 Å². The minimum absolute atomic E-state index is 0.133. The highest BCUT2D eigenvalue weighted by Crippen LogP contribution is 2.18. The van der Waals surface area contributed by atoms with Gasteiger partial charge in [-0.05, 0) is 62.5 Å². The molecule has 0 spiro atoms. The third-order valence-corrected chi connectivity index (χ3v) is 5.41.